The van der Waals surface area contributed by atoms with Crippen molar-refractivity contribution in [3.8, 4) is 0 Å². The van der Waals surface area contributed by atoms with Crippen LogP contribution in [0.1, 0.15) is 5.82 Å². The highest BCUT2D eigenvalue weighted by Gasteiger charge is 2.22. The molecule has 0 fully saturated rings. The van der Waals surface area contributed by atoms with Crippen LogP contribution in [0.5, 0.6) is 0 Å². The Labute approximate surface area is 89.1 Å². The molecule has 0 bridgehead atoms. The largest absolute Gasteiger partial charge is 0.481 e. The molecule has 0 radical (unpaired) electrons. The molecule has 0 amide bonds. The molecule has 16 heavy (non-hydrogen) atoms. The van der Waals surface area contributed by atoms with Crippen LogP contribution in [0, 0.1) is 10.1 Å². The number of pyridine rings is 1. The maximum Gasteiger partial charge on any atom is 0.389 e. The maximum atomic E-state index is 10.7. The van der Waals surface area contributed by atoms with Crippen LogP contribution in [0.3, 0.4) is 0 Å². The Morgan fingerprint density at radius 1 is 1.56 bits per heavy atom. The smallest absolute Gasteiger partial charge is 0.389 e. The summed E-state index contributed by atoms with van der Waals surface area (Å²) in [5.41, 5.74) is 0.295. The van der Waals surface area contributed by atoms with E-state index >= 15 is 0 Å². The van der Waals surface area contributed by atoms with E-state index in [0.717, 1.165) is 0 Å². The van der Waals surface area contributed by atoms with E-state index in [1.165, 1.54) is 10.5 Å². The minimum atomic E-state index is -1.08. The number of nitro groups is 1. The van der Waals surface area contributed by atoms with Crippen molar-refractivity contribution in [2.45, 2.75) is 6.42 Å². The van der Waals surface area contributed by atoms with E-state index in [1.807, 2.05) is 0 Å². The first-order valence-electron chi connectivity index (χ1n) is 4.41. The summed E-state index contributed by atoms with van der Waals surface area (Å²) in [5.74, 6) is -1.25. The number of hydrogen-bond donors (Lipinski definition) is 1. The van der Waals surface area contributed by atoms with Gasteiger partial charge >= 0.3 is 11.8 Å². The van der Waals surface area contributed by atoms with Crippen LogP contribution in [-0.4, -0.2) is 25.4 Å². The summed E-state index contributed by atoms with van der Waals surface area (Å²) >= 11 is 0. The standard InChI is InChI=1S/C9H7N3O4/c13-8(14)5-7-10-9(12(15)16)6-3-1-2-4-11(6)7/h1-4H,5H2,(H,13,14). The van der Waals surface area contributed by atoms with Crippen LogP contribution in [0.2, 0.25) is 0 Å². The number of carbonyl (C=O) groups is 1. The molecule has 0 saturated carbocycles. The second kappa shape index (κ2) is 3.61. The second-order valence-corrected chi connectivity index (χ2v) is 3.14. The number of hydrogen-bond acceptors (Lipinski definition) is 4. The Kier molecular flexibility index (Phi) is 2.28. The van der Waals surface area contributed by atoms with Crippen LogP contribution in [-0.2, 0) is 11.2 Å². The van der Waals surface area contributed by atoms with Gasteiger partial charge in [-0.15, -0.1) is 0 Å². The summed E-state index contributed by atoms with van der Waals surface area (Å²) in [7, 11) is 0. The van der Waals surface area contributed by atoms with E-state index in [0.29, 0.717) is 5.52 Å². The number of rotatable bonds is 3. The molecule has 0 saturated heterocycles. The van der Waals surface area contributed by atoms with E-state index in [9.17, 15) is 14.9 Å². The van der Waals surface area contributed by atoms with Gasteiger partial charge in [0, 0.05) is 6.20 Å². The van der Waals surface area contributed by atoms with Crippen molar-refractivity contribution in [3.63, 3.8) is 0 Å². The molecule has 0 spiro atoms. The molecular weight excluding hydrogens is 214 g/mol. The van der Waals surface area contributed by atoms with Gasteiger partial charge in [0.1, 0.15) is 11.9 Å². The first kappa shape index (κ1) is 10.1. The van der Waals surface area contributed by atoms with Crippen molar-refractivity contribution >= 4 is 17.3 Å². The predicted octanol–water partition coefficient (Wildman–Crippen LogP) is 0.870. The number of aromatic nitrogens is 2. The first-order chi connectivity index (χ1) is 7.59. The molecule has 82 valence electrons. The van der Waals surface area contributed by atoms with Crippen LogP contribution in [0.25, 0.3) is 5.52 Å². The molecule has 2 aromatic rings. The van der Waals surface area contributed by atoms with E-state index in [1.54, 1.807) is 18.3 Å². The topological polar surface area (TPSA) is 97.7 Å². The summed E-state index contributed by atoms with van der Waals surface area (Å²) < 4.78 is 1.41. The number of imidazole rings is 1. The molecule has 0 atom stereocenters. The summed E-state index contributed by atoms with van der Waals surface area (Å²) in [6, 6.07) is 4.81. The molecule has 0 aliphatic carbocycles. The zero-order valence-electron chi connectivity index (χ0n) is 8.03. The van der Waals surface area contributed by atoms with Crippen LogP contribution >= 0.6 is 0 Å². The quantitative estimate of drug-likeness (QED) is 0.612. The first-order valence-corrected chi connectivity index (χ1v) is 4.41. The maximum absolute atomic E-state index is 10.7. The van der Waals surface area contributed by atoms with E-state index in [-0.39, 0.29) is 18.1 Å². The van der Waals surface area contributed by atoms with Gasteiger partial charge in [-0.2, -0.15) is 0 Å². The molecule has 2 heterocycles. The zero-order chi connectivity index (χ0) is 11.7. The van der Waals surface area contributed by atoms with Gasteiger partial charge in [0.2, 0.25) is 5.82 Å². The zero-order valence-corrected chi connectivity index (χ0v) is 8.03. The molecule has 1 N–H and O–H groups in total. The monoisotopic (exact) mass is 221 g/mol. The Balaban J connectivity index is 2.66. The average molecular weight is 221 g/mol. The highest BCUT2D eigenvalue weighted by atomic mass is 16.6. The lowest BCUT2D eigenvalue weighted by Gasteiger charge is -1.93. The van der Waals surface area contributed by atoms with Crippen LogP contribution in [0.4, 0.5) is 5.82 Å². The van der Waals surface area contributed by atoms with E-state index < -0.39 is 10.9 Å². The van der Waals surface area contributed by atoms with Gasteiger partial charge < -0.3 is 15.2 Å². The van der Waals surface area contributed by atoms with Crippen molar-refractivity contribution in [1.82, 2.24) is 9.38 Å². The van der Waals surface area contributed by atoms with E-state index in [4.69, 9.17) is 5.11 Å². The van der Waals surface area contributed by atoms with Crippen molar-refractivity contribution in [2.24, 2.45) is 0 Å². The molecule has 2 aromatic heterocycles. The van der Waals surface area contributed by atoms with Crippen molar-refractivity contribution in [2.75, 3.05) is 0 Å². The summed E-state index contributed by atoms with van der Waals surface area (Å²) in [6.07, 6.45) is 1.20. The average Bonchev–Trinajstić information content (AvgIpc) is 2.57. The third kappa shape index (κ3) is 1.58. The lowest BCUT2D eigenvalue weighted by Crippen LogP contribution is -2.04. The van der Waals surface area contributed by atoms with Gasteiger partial charge in [0.15, 0.2) is 0 Å². The molecule has 0 unspecified atom stereocenters. The van der Waals surface area contributed by atoms with Gasteiger partial charge in [0.05, 0.1) is 0 Å². The molecule has 0 aliphatic rings. The molecule has 2 rings (SSSR count). The Hall–Kier alpha value is -2.44. The van der Waals surface area contributed by atoms with Gasteiger partial charge in [-0.25, -0.2) is 0 Å². The minimum absolute atomic E-state index is 0.148. The minimum Gasteiger partial charge on any atom is -0.481 e. The highest BCUT2D eigenvalue weighted by Crippen LogP contribution is 2.20. The lowest BCUT2D eigenvalue weighted by molar-refractivity contribution is -0.387. The normalized spacial score (nSPS) is 10.5. The van der Waals surface area contributed by atoms with Gasteiger partial charge in [0.25, 0.3) is 0 Å². The third-order valence-electron chi connectivity index (χ3n) is 2.08. The summed E-state index contributed by atoms with van der Waals surface area (Å²) in [5, 5.41) is 19.3. The third-order valence-corrected chi connectivity index (χ3v) is 2.08. The second-order valence-electron chi connectivity index (χ2n) is 3.14. The van der Waals surface area contributed by atoms with Crippen molar-refractivity contribution < 1.29 is 14.8 Å². The van der Waals surface area contributed by atoms with Crippen LogP contribution in [0.15, 0.2) is 24.4 Å². The summed E-state index contributed by atoms with van der Waals surface area (Å²) in [6.45, 7) is 0. The lowest BCUT2D eigenvalue weighted by atomic mass is 10.4. The fourth-order valence-electron chi connectivity index (χ4n) is 1.48. The van der Waals surface area contributed by atoms with Gasteiger partial charge in [-0.1, -0.05) is 6.07 Å². The number of carboxylic acid groups (broad SMARTS) is 1. The SMILES string of the molecule is O=C(O)Cc1nc([N+](=O)[O-])c2ccccn12. The van der Waals surface area contributed by atoms with Gasteiger partial charge in [-0.05, 0) is 22.0 Å². The number of nitrogens with zero attached hydrogens (tertiary/aromatic N) is 3. The Morgan fingerprint density at radius 2 is 2.31 bits per heavy atom. The van der Waals surface area contributed by atoms with Gasteiger partial charge in [-0.3, -0.25) is 9.20 Å². The molecule has 0 aromatic carbocycles. The molecular formula is C9H7N3O4. The number of aliphatic carboxylic acids is 1. The van der Waals surface area contributed by atoms with Crippen molar-refractivity contribution in [3.05, 3.63) is 40.3 Å². The number of fused-ring (bicyclic) bond motifs is 1. The molecule has 0 aliphatic heterocycles. The predicted molar refractivity (Wildman–Crippen MR) is 53.2 cm³/mol. The Morgan fingerprint density at radius 3 is 2.94 bits per heavy atom. The van der Waals surface area contributed by atoms with Crippen LogP contribution < -0.4 is 0 Å². The Bertz CT molecular complexity index is 575. The fourth-order valence-corrected chi connectivity index (χ4v) is 1.48. The van der Waals surface area contributed by atoms with Crippen molar-refractivity contribution in [1.29, 1.82) is 0 Å². The molecule has 7 heteroatoms. The fraction of sp³-hybridized carbons (Fsp3) is 0.111. The highest BCUT2D eigenvalue weighted by molar-refractivity contribution is 5.71. The molecule has 7 nitrogen and oxygen atoms in total. The number of carboxylic acids is 1. The van der Waals surface area contributed by atoms with E-state index in [2.05, 4.69) is 4.98 Å². The summed E-state index contributed by atoms with van der Waals surface area (Å²) in [4.78, 5) is 24.4.